The second kappa shape index (κ2) is 20.8. The fraction of sp³-hybridized carbons (Fsp3) is 0.460. The van der Waals surface area contributed by atoms with Gasteiger partial charge in [-0.2, -0.15) is 0 Å². The number of carbonyl (C=O) groups is 4. The lowest BCUT2D eigenvalue weighted by Gasteiger charge is -2.35. The number of fused-ring (bicyclic) bond motifs is 1. The highest BCUT2D eigenvalue weighted by molar-refractivity contribution is 7.13. The molecule has 64 heavy (non-hydrogen) atoms. The molecule has 0 bridgehead atoms. The Morgan fingerprint density at radius 3 is 2.36 bits per heavy atom. The van der Waals surface area contributed by atoms with Crippen LogP contribution in [0.1, 0.15) is 124 Å². The number of hydrogen-bond acceptors (Lipinski definition) is 10. The van der Waals surface area contributed by atoms with Gasteiger partial charge in [0.1, 0.15) is 24.2 Å². The second-order valence-corrected chi connectivity index (χ2v) is 19.2. The van der Waals surface area contributed by atoms with E-state index in [1.54, 1.807) is 17.4 Å². The van der Waals surface area contributed by atoms with E-state index in [-0.39, 0.29) is 49.6 Å². The number of nitrogens with zero attached hydrogens (tertiary/aromatic N) is 4. The Morgan fingerprint density at radius 2 is 1.64 bits per heavy atom. The Kier molecular flexibility index (Phi) is 15.1. The Morgan fingerprint density at radius 1 is 0.906 bits per heavy atom. The van der Waals surface area contributed by atoms with Crippen LogP contribution in [-0.2, 0) is 20.9 Å². The number of aromatic carboxylic acids is 1. The van der Waals surface area contributed by atoms with E-state index in [9.17, 15) is 29.4 Å². The minimum Gasteiger partial charge on any atom is -0.494 e. The summed E-state index contributed by atoms with van der Waals surface area (Å²) in [6, 6.07) is 17.5. The topological polar surface area (TPSA) is 184 Å². The molecule has 14 heteroatoms. The van der Waals surface area contributed by atoms with Crippen LogP contribution in [0.4, 0.5) is 0 Å². The van der Waals surface area contributed by atoms with Crippen LogP contribution in [0.5, 0.6) is 5.75 Å². The van der Waals surface area contributed by atoms with E-state index >= 15 is 0 Å². The number of likely N-dealkylation sites (tertiary alicyclic amines) is 1. The molecule has 1 saturated carbocycles. The first-order chi connectivity index (χ1) is 30.8. The van der Waals surface area contributed by atoms with Gasteiger partial charge in [-0.1, -0.05) is 83.2 Å². The number of aliphatic hydroxyl groups excluding tert-OH is 1. The van der Waals surface area contributed by atoms with Crippen molar-refractivity contribution in [3.05, 3.63) is 94.9 Å². The number of carboxylic acid groups (broad SMARTS) is 1. The fourth-order valence-electron chi connectivity index (χ4n) is 8.96. The van der Waals surface area contributed by atoms with Gasteiger partial charge in [0.25, 0.3) is 0 Å². The summed E-state index contributed by atoms with van der Waals surface area (Å²) in [5, 5.41) is 27.2. The highest BCUT2D eigenvalue weighted by Crippen LogP contribution is 2.39. The number of amides is 3. The standard InChI is InChI=1S/C50H60N6O7S/c1-31-45(64-30-54-31)34-17-15-32(16-18-34)27-51-47(59)42-25-36(57)28-56(42)48(60)46(50(2,3)4)55-43(58)14-8-6-5-7-11-23-63-37-20-22-39-41(26-37)52-29-53-44(39)35-19-21-38(49(61)62)40(24-35)33-12-9-10-13-33/h15-22,24,26,29-30,33,36,42,46,57H,5-14,23,25,27-28H2,1-4H3,(H,51,59)(H,55,58)(H,61,62). The third-order valence-electron chi connectivity index (χ3n) is 12.5. The van der Waals surface area contributed by atoms with Gasteiger partial charge in [0, 0.05) is 42.9 Å². The number of hydrogen-bond donors (Lipinski definition) is 4. The number of benzene rings is 3. The van der Waals surface area contributed by atoms with Gasteiger partial charge in [0.05, 0.1) is 45.6 Å². The number of carbonyl (C=O) groups excluding carboxylic acids is 3. The molecule has 3 atom stereocenters. The molecule has 0 spiro atoms. The lowest BCUT2D eigenvalue weighted by atomic mass is 9.85. The smallest absolute Gasteiger partial charge is 0.335 e. The molecule has 2 fully saturated rings. The predicted molar refractivity (Wildman–Crippen MR) is 248 cm³/mol. The van der Waals surface area contributed by atoms with E-state index in [0.29, 0.717) is 24.3 Å². The highest BCUT2D eigenvalue weighted by atomic mass is 32.1. The molecule has 13 nitrogen and oxygen atoms in total. The van der Waals surface area contributed by atoms with Gasteiger partial charge in [0.15, 0.2) is 0 Å². The first kappa shape index (κ1) is 46.3. The van der Waals surface area contributed by atoms with Crippen LogP contribution >= 0.6 is 11.3 Å². The van der Waals surface area contributed by atoms with Gasteiger partial charge in [-0.05, 0) is 84.9 Å². The van der Waals surface area contributed by atoms with Crippen LogP contribution in [0.15, 0.2) is 72.5 Å². The van der Waals surface area contributed by atoms with E-state index in [2.05, 4.69) is 25.6 Å². The molecular weight excluding hydrogens is 829 g/mol. The van der Waals surface area contributed by atoms with Gasteiger partial charge in [0.2, 0.25) is 17.7 Å². The zero-order chi connectivity index (χ0) is 45.4. The summed E-state index contributed by atoms with van der Waals surface area (Å²) < 4.78 is 6.09. The van der Waals surface area contributed by atoms with E-state index < -0.39 is 29.6 Å². The number of thiazole rings is 1. The number of aryl methyl sites for hydroxylation is 1. The highest BCUT2D eigenvalue weighted by Gasteiger charge is 2.44. The van der Waals surface area contributed by atoms with Gasteiger partial charge in [-0.3, -0.25) is 14.4 Å². The predicted octanol–water partition coefficient (Wildman–Crippen LogP) is 8.61. The van der Waals surface area contributed by atoms with Crippen LogP contribution in [0.2, 0.25) is 0 Å². The summed E-state index contributed by atoms with van der Waals surface area (Å²) in [6.45, 7) is 8.46. The second-order valence-electron chi connectivity index (χ2n) is 18.3. The van der Waals surface area contributed by atoms with Gasteiger partial charge in [-0.25, -0.2) is 19.7 Å². The van der Waals surface area contributed by atoms with Crippen molar-refractivity contribution < 1.29 is 34.1 Å². The Hall–Kier alpha value is -5.73. The fourth-order valence-corrected chi connectivity index (χ4v) is 9.77. The van der Waals surface area contributed by atoms with Crippen LogP contribution in [0.3, 0.4) is 0 Å². The number of carboxylic acids is 1. The number of unbranched alkanes of at least 4 members (excludes halogenated alkanes) is 4. The molecular formula is C50H60N6O7S. The Labute approximate surface area is 379 Å². The molecule has 338 valence electrons. The van der Waals surface area contributed by atoms with Crippen molar-refractivity contribution in [2.45, 2.75) is 129 Å². The molecule has 2 aromatic heterocycles. The molecule has 7 rings (SSSR count). The summed E-state index contributed by atoms with van der Waals surface area (Å²) >= 11 is 1.58. The lowest BCUT2D eigenvalue weighted by molar-refractivity contribution is -0.144. The normalized spacial score (nSPS) is 17.1. The largest absolute Gasteiger partial charge is 0.494 e. The number of ether oxygens (including phenoxy) is 1. The number of rotatable bonds is 18. The molecule has 2 aliphatic rings. The molecule has 0 radical (unpaired) electrons. The zero-order valence-electron chi connectivity index (χ0n) is 37.3. The summed E-state index contributed by atoms with van der Waals surface area (Å²) in [4.78, 5) is 68.6. The van der Waals surface area contributed by atoms with Crippen molar-refractivity contribution >= 4 is 45.9 Å². The minimum atomic E-state index is -0.901. The van der Waals surface area contributed by atoms with E-state index in [4.69, 9.17) is 4.74 Å². The van der Waals surface area contributed by atoms with E-state index in [1.165, 1.54) is 11.2 Å². The summed E-state index contributed by atoms with van der Waals surface area (Å²) in [5.74, 6) is -0.872. The Balaban J connectivity index is 0.839. The molecule has 3 aromatic carbocycles. The maximum Gasteiger partial charge on any atom is 0.335 e. The van der Waals surface area contributed by atoms with Gasteiger partial charge in [-0.15, -0.1) is 11.3 Å². The van der Waals surface area contributed by atoms with E-state index in [1.807, 2.05) is 87.8 Å². The van der Waals surface area contributed by atoms with Crippen LogP contribution in [-0.4, -0.2) is 85.1 Å². The number of aromatic nitrogens is 3. The van der Waals surface area contributed by atoms with Crippen molar-refractivity contribution in [1.29, 1.82) is 0 Å². The van der Waals surface area contributed by atoms with Gasteiger partial charge >= 0.3 is 5.97 Å². The number of β-amino-alcohol motifs (C(OH)–C–C–N with tert-alkyl or cyclic N) is 1. The van der Waals surface area contributed by atoms with Crippen molar-refractivity contribution in [1.82, 2.24) is 30.5 Å². The quantitative estimate of drug-likeness (QED) is 0.0622. The molecule has 3 amide bonds. The maximum absolute atomic E-state index is 14.0. The molecule has 3 heterocycles. The van der Waals surface area contributed by atoms with Crippen LogP contribution in [0, 0.1) is 12.3 Å². The molecule has 5 aromatic rings. The summed E-state index contributed by atoms with van der Waals surface area (Å²) in [7, 11) is 0. The average molecular weight is 889 g/mol. The Bertz CT molecular complexity index is 2440. The van der Waals surface area contributed by atoms with Crippen molar-refractivity contribution in [2.75, 3.05) is 13.2 Å². The third-order valence-corrected chi connectivity index (χ3v) is 13.5. The van der Waals surface area contributed by atoms with Crippen molar-refractivity contribution in [3.63, 3.8) is 0 Å². The first-order valence-corrected chi connectivity index (χ1v) is 23.4. The molecule has 1 aliphatic heterocycles. The minimum absolute atomic E-state index is 0.0234. The average Bonchev–Trinajstić information content (AvgIpc) is 4.07. The van der Waals surface area contributed by atoms with Crippen molar-refractivity contribution in [2.24, 2.45) is 5.41 Å². The summed E-state index contributed by atoms with van der Waals surface area (Å²) in [6.07, 6.45) is 9.54. The maximum atomic E-state index is 14.0. The molecule has 3 unspecified atom stereocenters. The lowest BCUT2D eigenvalue weighted by Crippen LogP contribution is -2.57. The third kappa shape index (κ3) is 11.3. The number of aliphatic hydroxyl groups is 1. The first-order valence-electron chi connectivity index (χ1n) is 22.6. The molecule has 1 aliphatic carbocycles. The van der Waals surface area contributed by atoms with Gasteiger partial charge < -0.3 is 30.5 Å². The molecule has 1 saturated heterocycles. The van der Waals surface area contributed by atoms with Crippen LogP contribution < -0.4 is 15.4 Å². The van der Waals surface area contributed by atoms with Crippen molar-refractivity contribution in [3.8, 4) is 27.4 Å². The summed E-state index contributed by atoms with van der Waals surface area (Å²) in [5.41, 5.74) is 7.77. The van der Waals surface area contributed by atoms with E-state index in [0.717, 1.165) is 101 Å². The monoisotopic (exact) mass is 888 g/mol. The number of nitrogens with one attached hydrogen (secondary N) is 2. The zero-order valence-corrected chi connectivity index (χ0v) is 38.1. The SMILES string of the molecule is Cc1ncsc1-c1ccc(CNC(=O)C2CC(O)CN2C(=O)C(NC(=O)CCCCCCCOc2ccc3c(-c4ccc(C(=O)O)c(C5CCCC5)c4)ncnc3c2)C(C)(C)C)cc1. The molecule has 4 N–H and O–H groups in total. The van der Waals surface area contributed by atoms with Crippen LogP contribution in [0.25, 0.3) is 32.6 Å².